The van der Waals surface area contributed by atoms with Gasteiger partial charge in [0.05, 0.1) is 15.4 Å². The Morgan fingerprint density at radius 2 is 2.00 bits per heavy atom. The third-order valence-corrected chi connectivity index (χ3v) is 6.79. The maximum Gasteiger partial charge on any atom is 0.106 e. The number of aliphatic hydroxyl groups is 1. The van der Waals surface area contributed by atoms with Crippen LogP contribution in [0.4, 0.5) is 0 Å². The molecule has 1 aromatic rings. The molecular formula is C12H19BrNOSi. The Bertz CT molecular complexity index is 363. The van der Waals surface area contributed by atoms with Gasteiger partial charge >= 0.3 is 0 Å². The Balaban J connectivity index is 2.91. The van der Waals surface area contributed by atoms with E-state index >= 15 is 0 Å². The molecule has 1 heterocycles. The molecule has 1 aromatic heterocycles. The van der Waals surface area contributed by atoms with Crippen molar-refractivity contribution in [3.8, 4) is 0 Å². The fourth-order valence-electron chi connectivity index (χ4n) is 1.32. The van der Waals surface area contributed by atoms with Crippen LogP contribution < -0.4 is 0 Å². The first-order valence-electron chi connectivity index (χ1n) is 5.42. The van der Waals surface area contributed by atoms with E-state index in [1.807, 2.05) is 12.1 Å². The molecule has 0 saturated carbocycles. The molecule has 0 aliphatic carbocycles. The molecule has 0 saturated heterocycles. The standard InChI is InChI=1S/C12H19BrNOSi/c1-12(2,3)16(4)8-10-9(7-15)5-6-11(13)14-10/h5-6,15H,7-8H2,1-4H3. The van der Waals surface area contributed by atoms with Crippen molar-refractivity contribution in [2.24, 2.45) is 0 Å². The van der Waals surface area contributed by atoms with Gasteiger partial charge in [-0.25, -0.2) is 4.98 Å². The van der Waals surface area contributed by atoms with E-state index in [1.165, 1.54) is 0 Å². The first-order valence-corrected chi connectivity index (χ1v) is 8.42. The summed E-state index contributed by atoms with van der Waals surface area (Å²) < 4.78 is 0.850. The molecule has 0 aliphatic rings. The van der Waals surface area contributed by atoms with Crippen molar-refractivity contribution in [3.63, 3.8) is 0 Å². The summed E-state index contributed by atoms with van der Waals surface area (Å²) in [5.74, 6) is 0. The van der Waals surface area contributed by atoms with Crippen molar-refractivity contribution in [3.05, 3.63) is 28.0 Å². The van der Waals surface area contributed by atoms with Gasteiger partial charge in [-0.2, -0.15) is 0 Å². The molecule has 0 spiro atoms. The quantitative estimate of drug-likeness (QED) is 0.686. The van der Waals surface area contributed by atoms with Crippen molar-refractivity contribution >= 4 is 24.7 Å². The van der Waals surface area contributed by atoms with Crippen LogP contribution in [0.2, 0.25) is 11.6 Å². The van der Waals surface area contributed by atoms with Crippen LogP contribution in [0.3, 0.4) is 0 Å². The molecule has 2 nitrogen and oxygen atoms in total. The maximum absolute atomic E-state index is 9.28. The summed E-state index contributed by atoms with van der Waals surface area (Å²) in [5.41, 5.74) is 2.00. The summed E-state index contributed by atoms with van der Waals surface area (Å²) in [4.78, 5) is 4.48. The summed E-state index contributed by atoms with van der Waals surface area (Å²) >= 11 is 3.38. The normalized spacial score (nSPS) is 12.2. The molecule has 1 radical (unpaired) electrons. The number of pyridine rings is 1. The predicted molar refractivity (Wildman–Crippen MR) is 72.9 cm³/mol. The number of rotatable bonds is 3. The number of aromatic nitrogens is 1. The zero-order valence-corrected chi connectivity index (χ0v) is 12.9. The zero-order valence-electron chi connectivity index (χ0n) is 10.3. The number of nitrogens with zero attached hydrogens (tertiary/aromatic N) is 1. The maximum atomic E-state index is 9.28. The molecule has 0 amide bonds. The highest BCUT2D eigenvalue weighted by Gasteiger charge is 2.23. The van der Waals surface area contributed by atoms with Gasteiger partial charge in [-0.15, -0.1) is 0 Å². The van der Waals surface area contributed by atoms with E-state index in [1.54, 1.807) is 0 Å². The summed E-state index contributed by atoms with van der Waals surface area (Å²) in [5, 5.41) is 9.64. The molecule has 0 aliphatic heterocycles. The first kappa shape index (κ1) is 13.9. The molecular weight excluding hydrogens is 282 g/mol. The summed E-state index contributed by atoms with van der Waals surface area (Å²) in [7, 11) is -0.500. The van der Waals surface area contributed by atoms with E-state index < -0.39 is 8.80 Å². The van der Waals surface area contributed by atoms with Gasteiger partial charge in [0.1, 0.15) is 4.60 Å². The molecule has 0 bridgehead atoms. The molecule has 0 atom stereocenters. The fraction of sp³-hybridized carbons (Fsp3) is 0.583. The van der Waals surface area contributed by atoms with Crippen molar-refractivity contribution in [2.45, 2.75) is 45.0 Å². The van der Waals surface area contributed by atoms with E-state index in [9.17, 15) is 5.11 Å². The molecule has 0 fully saturated rings. The molecule has 4 heteroatoms. The van der Waals surface area contributed by atoms with Crippen LogP contribution >= 0.6 is 15.9 Å². The molecule has 1 N–H and O–H groups in total. The van der Waals surface area contributed by atoms with Crippen LogP contribution in [0.5, 0.6) is 0 Å². The average Bonchev–Trinajstić information content (AvgIpc) is 2.16. The highest BCUT2D eigenvalue weighted by atomic mass is 79.9. The minimum absolute atomic E-state index is 0.0783. The Kier molecular flexibility index (Phi) is 4.70. The summed E-state index contributed by atoms with van der Waals surface area (Å²) in [6, 6.07) is 4.84. The molecule has 1 rings (SSSR count). The largest absolute Gasteiger partial charge is 0.392 e. The Morgan fingerprint density at radius 3 is 2.50 bits per heavy atom. The van der Waals surface area contributed by atoms with Crippen molar-refractivity contribution in [1.82, 2.24) is 4.98 Å². The van der Waals surface area contributed by atoms with Crippen molar-refractivity contribution in [1.29, 1.82) is 0 Å². The van der Waals surface area contributed by atoms with E-state index in [2.05, 4.69) is 48.2 Å². The van der Waals surface area contributed by atoms with Gasteiger partial charge < -0.3 is 5.11 Å². The number of halogens is 1. The predicted octanol–water partition coefficient (Wildman–Crippen LogP) is 3.34. The topological polar surface area (TPSA) is 33.1 Å². The van der Waals surface area contributed by atoms with Crippen LogP contribution in [0.15, 0.2) is 16.7 Å². The lowest BCUT2D eigenvalue weighted by Gasteiger charge is -2.25. The number of aliphatic hydroxyl groups excluding tert-OH is 1. The highest BCUT2D eigenvalue weighted by molar-refractivity contribution is 9.10. The summed E-state index contributed by atoms with van der Waals surface area (Å²) in [6.45, 7) is 9.23. The van der Waals surface area contributed by atoms with Crippen LogP contribution in [0.1, 0.15) is 32.0 Å². The molecule has 16 heavy (non-hydrogen) atoms. The SMILES string of the molecule is C[Si](Cc1nc(Br)ccc1CO)C(C)(C)C. The second kappa shape index (κ2) is 5.43. The zero-order chi connectivity index (χ0) is 12.3. The summed E-state index contributed by atoms with van der Waals surface area (Å²) in [6.07, 6.45) is 0. The average molecular weight is 301 g/mol. The third kappa shape index (κ3) is 3.68. The second-order valence-electron chi connectivity index (χ2n) is 5.11. The van der Waals surface area contributed by atoms with Crippen LogP contribution in [0.25, 0.3) is 0 Å². The first-order chi connectivity index (χ1) is 7.34. The Labute approximate surface area is 108 Å². The van der Waals surface area contributed by atoms with Crippen molar-refractivity contribution < 1.29 is 5.11 Å². The number of hydrogen-bond donors (Lipinski definition) is 1. The van der Waals surface area contributed by atoms with Gasteiger partial charge in [-0.3, -0.25) is 0 Å². The van der Waals surface area contributed by atoms with Crippen LogP contribution in [0, 0.1) is 0 Å². The Morgan fingerprint density at radius 1 is 1.38 bits per heavy atom. The second-order valence-corrected chi connectivity index (χ2v) is 9.33. The van der Waals surface area contributed by atoms with Gasteiger partial charge in [-0.05, 0) is 38.6 Å². The Hall–Kier alpha value is -0.193. The minimum Gasteiger partial charge on any atom is -0.392 e. The smallest absolute Gasteiger partial charge is 0.106 e. The van der Waals surface area contributed by atoms with E-state index in [0.717, 1.165) is 21.9 Å². The third-order valence-electron chi connectivity index (χ3n) is 2.92. The molecule has 89 valence electrons. The molecule has 0 unspecified atom stereocenters. The highest BCUT2D eigenvalue weighted by Crippen LogP contribution is 2.29. The lowest BCUT2D eigenvalue weighted by Crippen LogP contribution is -2.26. The van der Waals surface area contributed by atoms with Gasteiger partial charge in [0.15, 0.2) is 0 Å². The lowest BCUT2D eigenvalue weighted by atomic mass is 10.2. The van der Waals surface area contributed by atoms with Gasteiger partial charge in [-0.1, -0.05) is 33.4 Å². The lowest BCUT2D eigenvalue weighted by molar-refractivity contribution is 0.280. The van der Waals surface area contributed by atoms with Gasteiger partial charge in [0, 0.05) is 5.69 Å². The van der Waals surface area contributed by atoms with E-state index in [0.29, 0.717) is 5.04 Å². The van der Waals surface area contributed by atoms with Crippen molar-refractivity contribution in [2.75, 3.05) is 0 Å². The monoisotopic (exact) mass is 300 g/mol. The fourth-order valence-corrected chi connectivity index (χ4v) is 3.00. The van der Waals surface area contributed by atoms with Gasteiger partial charge in [0.2, 0.25) is 0 Å². The van der Waals surface area contributed by atoms with E-state index in [-0.39, 0.29) is 6.61 Å². The minimum atomic E-state index is -0.500. The van der Waals surface area contributed by atoms with Crippen LogP contribution in [-0.4, -0.2) is 18.9 Å². The molecule has 0 aromatic carbocycles. The van der Waals surface area contributed by atoms with E-state index in [4.69, 9.17) is 0 Å². The van der Waals surface area contributed by atoms with Crippen LogP contribution in [-0.2, 0) is 12.7 Å². The van der Waals surface area contributed by atoms with Gasteiger partial charge in [0.25, 0.3) is 0 Å². The number of hydrogen-bond acceptors (Lipinski definition) is 2.